The Bertz CT molecular complexity index is 481. The van der Waals surface area contributed by atoms with Crippen molar-refractivity contribution in [1.29, 1.82) is 0 Å². The molecular formula is C12H15FN4. The van der Waals surface area contributed by atoms with Crippen LogP contribution in [0.4, 0.5) is 4.39 Å². The lowest BCUT2D eigenvalue weighted by molar-refractivity contribution is 0.624. The molecule has 0 aliphatic rings. The monoisotopic (exact) mass is 234 g/mol. The number of aromatic nitrogens is 3. The third-order valence-corrected chi connectivity index (χ3v) is 2.35. The Kier molecular flexibility index (Phi) is 3.82. The molecule has 0 aliphatic heterocycles. The number of nitrogens with zero attached hydrogens (tertiary/aromatic N) is 3. The zero-order valence-corrected chi connectivity index (χ0v) is 9.73. The fraction of sp³-hybridized carbons (Fsp3) is 0.333. The number of rotatable bonds is 5. The second-order valence-corrected chi connectivity index (χ2v) is 3.81. The van der Waals surface area contributed by atoms with Gasteiger partial charge in [-0.1, -0.05) is 18.2 Å². The molecule has 2 aromatic rings. The summed E-state index contributed by atoms with van der Waals surface area (Å²) in [7, 11) is 0. The molecule has 4 nitrogen and oxygen atoms in total. The Balaban J connectivity index is 2.07. The van der Waals surface area contributed by atoms with Gasteiger partial charge >= 0.3 is 0 Å². The number of hydrogen-bond acceptors (Lipinski definition) is 3. The lowest BCUT2D eigenvalue weighted by Gasteiger charge is -1.99. The predicted molar refractivity (Wildman–Crippen MR) is 63.3 cm³/mol. The Morgan fingerprint density at radius 1 is 1.41 bits per heavy atom. The van der Waals surface area contributed by atoms with Crippen LogP contribution < -0.4 is 5.32 Å². The first kappa shape index (κ1) is 11.7. The first-order valence-electron chi connectivity index (χ1n) is 5.67. The fourth-order valence-corrected chi connectivity index (χ4v) is 1.52. The van der Waals surface area contributed by atoms with E-state index >= 15 is 0 Å². The molecule has 0 radical (unpaired) electrons. The van der Waals surface area contributed by atoms with E-state index in [1.54, 1.807) is 23.0 Å². The molecule has 0 spiro atoms. The van der Waals surface area contributed by atoms with Crippen molar-refractivity contribution in [2.45, 2.75) is 19.9 Å². The first-order chi connectivity index (χ1) is 8.29. The van der Waals surface area contributed by atoms with E-state index in [2.05, 4.69) is 22.6 Å². The van der Waals surface area contributed by atoms with Gasteiger partial charge in [0.25, 0.3) is 0 Å². The molecule has 1 heterocycles. The molecule has 0 unspecified atom stereocenters. The molecule has 1 N–H and O–H groups in total. The summed E-state index contributed by atoms with van der Waals surface area (Å²) in [5.74, 6) is -0.274. The summed E-state index contributed by atoms with van der Waals surface area (Å²) >= 11 is 0. The quantitative estimate of drug-likeness (QED) is 0.803. The normalized spacial score (nSPS) is 10.7. The van der Waals surface area contributed by atoms with Crippen molar-refractivity contribution in [2.24, 2.45) is 0 Å². The second kappa shape index (κ2) is 5.54. The van der Waals surface area contributed by atoms with E-state index in [0.29, 0.717) is 12.2 Å². The zero-order valence-electron chi connectivity index (χ0n) is 9.73. The van der Waals surface area contributed by atoms with Crippen LogP contribution in [-0.2, 0) is 6.54 Å². The molecule has 0 saturated heterocycles. The average molecular weight is 234 g/mol. The molecule has 5 heteroatoms. The molecule has 2 rings (SSSR count). The SMILES string of the molecule is CCCNCc1cn(-c2cccc(F)c2)nn1. The van der Waals surface area contributed by atoms with Gasteiger partial charge in [-0.25, -0.2) is 9.07 Å². The molecular weight excluding hydrogens is 219 g/mol. The van der Waals surface area contributed by atoms with Crippen LogP contribution in [0.25, 0.3) is 5.69 Å². The van der Waals surface area contributed by atoms with Crippen LogP contribution in [0, 0.1) is 5.82 Å². The molecule has 0 amide bonds. The maximum atomic E-state index is 13.0. The van der Waals surface area contributed by atoms with E-state index in [9.17, 15) is 4.39 Å². The van der Waals surface area contributed by atoms with E-state index < -0.39 is 0 Å². The largest absolute Gasteiger partial charge is 0.311 e. The predicted octanol–water partition coefficient (Wildman–Crippen LogP) is 1.91. The van der Waals surface area contributed by atoms with Gasteiger partial charge in [-0.2, -0.15) is 0 Å². The summed E-state index contributed by atoms with van der Waals surface area (Å²) in [5.41, 5.74) is 1.53. The number of hydrogen-bond donors (Lipinski definition) is 1. The maximum Gasteiger partial charge on any atom is 0.125 e. The van der Waals surface area contributed by atoms with Gasteiger partial charge in [-0.05, 0) is 31.2 Å². The van der Waals surface area contributed by atoms with Crippen LogP contribution in [-0.4, -0.2) is 21.5 Å². The number of nitrogens with one attached hydrogen (secondary N) is 1. The van der Waals surface area contributed by atoms with Crippen molar-refractivity contribution in [3.63, 3.8) is 0 Å². The molecule has 1 aromatic heterocycles. The molecule has 0 bridgehead atoms. The van der Waals surface area contributed by atoms with Gasteiger partial charge in [0.1, 0.15) is 5.82 Å². The minimum Gasteiger partial charge on any atom is -0.311 e. The second-order valence-electron chi connectivity index (χ2n) is 3.81. The topological polar surface area (TPSA) is 42.7 Å². The number of halogens is 1. The van der Waals surface area contributed by atoms with E-state index in [-0.39, 0.29) is 5.82 Å². The summed E-state index contributed by atoms with van der Waals surface area (Å²) in [6.45, 7) is 3.74. The van der Waals surface area contributed by atoms with Gasteiger partial charge in [-0.3, -0.25) is 0 Å². The third-order valence-electron chi connectivity index (χ3n) is 2.35. The van der Waals surface area contributed by atoms with Gasteiger partial charge < -0.3 is 5.32 Å². The molecule has 0 saturated carbocycles. The Morgan fingerprint density at radius 3 is 3.06 bits per heavy atom. The lowest BCUT2D eigenvalue weighted by atomic mass is 10.3. The summed E-state index contributed by atoms with van der Waals surface area (Å²) in [6, 6.07) is 6.28. The van der Waals surface area contributed by atoms with Crippen molar-refractivity contribution < 1.29 is 4.39 Å². The van der Waals surface area contributed by atoms with Gasteiger partial charge in [-0.15, -0.1) is 5.10 Å². The lowest BCUT2D eigenvalue weighted by Crippen LogP contribution is -2.13. The van der Waals surface area contributed by atoms with Crippen molar-refractivity contribution in [2.75, 3.05) is 6.54 Å². The Morgan fingerprint density at radius 2 is 2.29 bits per heavy atom. The smallest absolute Gasteiger partial charge is 0.125 e. The summed E-state index contributed by atoms with van der Waals surface area (Å²) in [5, 5.41) is 11.2. The van der Waals surface area contributed by atoms with Crippen molar-refractivity contribution in [1.82, 2.24) is 20.3 Å². The number of benzene rings is 1. The molecule has 17 heavy (non-hydrogen) atoms. The highest BCUT2D eigenvalue weighted by molar-refractivity contribution is 5.30. The summed E-state index contributed by atoms with van der Waals surface area (Å²) in [6.07, 6.45) is 2.88. The van der Waals surface area contributed by atoms with Gasteiger partial charge in [0.2, 0.25) is 0 Å². The Labute approximate surface area is 99.5 Å². The van der Waals surface area contributed by atoms with Gasteiger partial charge in [0.05, 0.1) is 17.6 Å². The fourth-order valence-electron chi connectivity index (χ4n) is 1.52. The maximum absolute atomic E-state index is 13.0. The van der Waals surface area contributed by atoms with Crippen LogP contribution in [0.3, 0.4) is 0 Å². The summed E-state index contributed by atoms with van der Waals surface area (Å²) < 4.78 is 14.6. The Hall–Kier alpha value is -1.75. The molecule has 90 valence electrons. The molecule has 0 fully saturated rings. The highest BCUT2D eigenvalue weighted by atomic mass is 19.1. The average Bonchev–Trinajstić information content (AvgIpc) is 2.78. The summed E-state index contributed by atoms with van der Waals surface area (Å²) in [4.78, 5) is 0. The third kappa shape index (κ3) is 3.10. The molecule has 0 atom stereocenters. The van der Waals surface area contributed by atoms with E-state index in [1.165, 1.54) is 12.1 Å². The highest BCUT2D eigenvalue weighted by Gasteiger charge is 2.02. The van der Waals surface area contributed by atoms with Crippen LogP contribution in [0.5, 0.6) is 0 Å². The minimum atomic E-state index is -0.274. The first-order valence-corrected chi connectivity index (χ1v) is 5.67. The van der Waals surface area contributed by atoms with E-state index in [0.717, 1.165) is 18.7 Å². The van der Waals surface area contributed by atoms with Crippen molar-refractivity contribution in [3.05, 3.63) is 42.0 Å². The minimum absolute atomic E-state index is 0.274. The van der Waals surface area contributed by atoms with Crippen LogP contribution >= 0.6 is 0 Å². The van der Waals surface area contributed by atoms with E-state index in [1.807, 2.05) is 0 Å². The zero-order chi connectivity index (χ0) is 12.1. The van der Waals surface area contributed by atoms with E-state index in [4.69, 9.17) is 0 Å². The van der Waals surface area contributed by atoms with Crippen molar-refractivity contribution in [3.8, 4) is 5.69 Å². The van der Waals surface area contributed by atoms with Crippen molar-refractivity contribution >= 4 is 0 Å². The molecule has 1 aromatic carbocycles. The molecule has 0 aliphatic carbocycles. The van der Waals surface area contributed by atoms with Crippen LogP contribution in [0.1, 0.15) is 19.0 Å². The van der Waals surface area contributed by atoms with Crippen LogP contribution in [0.15, 0.2) is 30.5 Å². The van der Waals surface area contributed by atoms with Gasteiger partial charge in [0, 0.05) is 6.54 Å². The van der Waals surface area contributed by atoms with Gasteiger partial charge in [0.15, 0.2) is 0 Å². The standard InChI is InChI=1S/C12H15FN4/c1-2-6-14-8-11-9-17(16-15-11)12-5-3-4-10(13)7-12/h3-5,7,9,14H,2,6,8H2,1H3. The van der Waals surface area contributed by atoms with Crippen LogP contribution in [0.2, 0.25) is 0 Å². The highest BCUT2D eigenvalue weighted by Crippen LogP contribution is 2.08.